The minimum Gasteiger partial charge on any atom is -0.457 e. The molecule has 1 aliphatic rings. The topological polar surface area (TPSA) is 41.6 Å². The van der Waals surface area contributed by atoms with E-state index in [-0.39, 0.29) is 11.8 Å². The van der Waals surface area contributed by atoms with E-state index < -0.39 is 0 Å². The molecule has 154 valence electrons. The SMILES string of the molecule is Cc1ccc(CNC(=O)C2CCN(Cc3cccc(Oc4ccccc4)c3)C2)cc1. The van der Waals surface area contributed by atoms with Crippen LogP contribution in [0.5, 0.6) is 11.5 Å². The Morgan fingerprint density at radius 1 is 0.967 bits per heavy atom. The van der Waals surface area contributed by atoms with Gasteiger partial charge in [-0.3, -0.25) is 9.69 Å². The molecule has 4 nitrogen and oxygen atoms in total. The number of ether oxygens (including phenoxy) is 1. The quantitative estimate of drug-likeness (QED) is 0.612. The molecule has 1 unspecified atom stereocenters. The number of para-hydroxylation sites is 1. The number of nitrogens with one attached hydrogen (secondary N) is 1. The van der Waals surface area contributed by atoms with Crippen molar-refractivity contribution >= 4 is 5.91 Å². The fourth-order valence-corrected chi connectivity index (χ4v) is 3.82. The van der Waals surface area contributed by atoms with Gasteiger partial charge in [0.05, 0.1) is 5.92 Å². The molecule has 0 radical (unpaired) electrons. The summed E-state index contributed by atoms with van der Waals surface area (Å²) in [5, 5.41) is 3.10. The van der Waals surface area contributed by atoms with E-state index in [9.17, 15) is 4.79 Å². The van der Waals surface area contributed by atoms with Crippen LogP contribution in [-0.2, 0) is 17.9 Å². The van der Waals surface area contributed by atoms with Crippen LogP contribution < -0.4 is 10.1 Å². The Morgan fingerprint density at radius 3 is 2.53 bits per heavy atom. The highest BCUT2D eigenvalue weighted by Gasteiger charge is 2.28. The van der Waals surface area contributed by atoms with Gasteiger partial charge in [0.25, 0.3) is 0 Å². The zero-order valence-electron chi connectivity index (χ0n) is 17.4. The van der Waals surface area contributed by atoms with E-state index in [1.807, 2.05) is 42.5 Å². The van der Waals surface area contributed by atoms with Crippen molar-refractivity contribution in [2.24, 2.45) is 5.92 Å². The molecule has 1 amide bonds. The first kappa shape index (κ1) is 20.2. The summed E-state index contributed by atoms with van der Waals surface area (Å²) < 4.78 is 5.94. The number of hydrogen-bond acceptors (Lipinski definition) is 3. The average Bonchev–Trinajstić information content (AvgIpc) is 3.23. The van der Waals surface area contributed by atoms with Crippen molar-refractivity contribution in [3.05, 3.63) is 95.6 Å². The molecule has 3 aromatic rings. The molecule has 3 aromatic carbocycles. The van der Waals surface area contributed by atoms with E-state index in [1.54, 1.807) is 0 Å². The van der Waals surface area contributed by atoms with Crippen LogP contribution in [0.1, 0.15) is 23.1 Å². The number of likely N-dealkylation sites (tertiary alicyclic amines) is 1. The predicted octanol–water partition coefficient (Wildman–Crippen LogP) is 4.93. The zero-order chi connectivity index (χ0) is 20.8. The lowest BCUT2D eigenvalue weighted by molar-refractivity contribution is -0.124. The van der Waals surface area contributed by atoms with Crippen LogP contribution in [0.2, 0.25) is 0 Å². The van der Waals surface area contributed by atoms with Gasteiger partial charge in [-0.15, -0.1) is 0 Å². The fraction of sp³-hybridized carbons (Fsp3) is 0.269. The molecule has 1 aliphatic heterocycles. The van der Waals surface area contributed by atoms with Crippen LogP contribution >= 0.6 is 0 Å². The van der Waals surface area contributed by atoms with Crippen molar-refractivity contribution in [1.29, 1.82) is 0 Å². The molecule has 0 aromatic heterocycles. The Labute approximate surface area is 178 Å². The van der Waals surface area contributed by atoms with Crippen molar-refractivity contribution in [2.75, 3.05) is 13.1 Å². The molecule has 0 bridgehead atoms. The first-order valence-corrected chi connectivity index (χ1v) is 10.5. The Balaban J connectivity index is 1.28. The summed E-state index contributed by atoms with van der Waals surface area (Å²) in [5.41, 5.74) is 3.57. The second-order valence-corrected chi connectivity index (χ2v) is 7.99. The zero-order valence-corrected chi connectivity index (χ0v) is 17.4. The summed E-state index contributed by atoms with van der Waals surface area (Å²) in [7, 11) is 0. The summed E-state index contributed by atoms with van der Waals surface area (Å²) in [6, 6.07) is 26.3. The summed E-state index contributed by atoms with van der Waals surface area (Å²) in [6.45, 7) is 5.22. The maximum atomic E-state index is 12.6. The highest BCUT2D eigenvalue weighted by Crippen LogP contribution is 2.24. The van der Waals surface area contributed by atoms with Gasteiger partial charge in [-0.25, -0.2) is 0 Å². The Kier molecular flexibility index (Phi) is 6.45. The molecule has 0 saturated carbocycles. The fourth-order valence-electron chi connectivity index (χ4n) is 3.82. The van der Waals surface area contributed by atoms with Gasteiger partial charge in [0.15, 0.2) is 0 Å². The average molecular weight is 401 g/mol. The van der Waals surface area contributed by atoms with Crippen LogP contribution in [-0.4, -0.2) is 23.9 Å². The number of carbonyl (C=O) groups is 1. The van der Waals surface area contributed by atoms with E-state index in [1.165, 1.54) is 11.1 Å². The van der Waals surface area contributed by atoms with Crippen molar-refractivity contribution in [2.45, 2.75) is 26.4 Å². The standard InChI is InChI=1S/C26H28N2O2/c1-20-10-12-21(13-11-20)17-27-26(29)23-14-15-28(19-23)18-22-6-5-9-25(16-22)30-24-7-3-2-4-8-24/h2-13,16,23H,14-15,17-19H2,1H3,(H,27,29). The van der Waals surface area contributed by atoms with Crippen LogP contribution in [0.4, 0.5) is 0 Å². The molecular weight excluding hydrogens is 372 g/mol. The Hall–Kier alpha value is -3.11. The van der Waals surface area contributed by atoms with Gasteiger partial charge in [-0.2, -0.15) is 0 Å². The van der Waals surface area contributed by atoms with Crippen molar-refractivity contribution in [3.63, 3.8) is 0 Å². The second-order valence-electron chi connectivity index (χ2n) is 7.99. The third-order valence-corrected chi connectivity index (χ3v) is 5.51. The molecule has 30 heavy (non-hydrogen) atoms. The summed E-state index contributed by atoms with van der Waals surface area (Å²) in [5.74, 6) is 1.88. The van der Waals surface area contributed by atoms with Crippen LogP contribution in [0.25, 0.3) is 0 Å². The first-order chi connectivity index (χ1) is 14.7. The van der Waals surface area contributed by atoms with Crippen LogP contribution in [0.15, 0.2) is 78.9 Å². The van der Waals surface area contributed by atoms with Gasteiger partial charge >= 0.3 is 0 Å². The lowest BCUT2D eigenvalue weighted by Crippen LogP contribution is -2.32. The Morgan fingerprint density at radius 2 is 1.73 bits per heavy atom. The highest BCUT2D eigenvalue weighted by molar-refractivity contribution is 5.79. The molecule has 0 spiro atoms. The number of aryl methyl sites for hydroxylation is 1. The number of benzene rings is 3. The maximum absolute atomic E-state index is 12.6. The van der Waals surface area contributed by atoms with E-state index in [2.05, 4.69) is 53.5 Å². The van der Waals surface area contributed by atoms with Gasteiger partial charge in [-0.1, -0.05) is 60.2 Å². The molecule has 1 saturated heterocycles. The second kappa shape index (κ2) is 9.59. The molecule has 1 atom stereocenters. The van der Waals surface area contributed by atoms with Gasteiger partial charge in [0, 0.05) is 19.6 Å². The van der Waals surface area contributed by atoms with Crippen molar-refractivity contribution in [1.82, 2.24) is 10.2 Å². The molecule has 4 rings (SSSR count). The van der Waals surface area contributed by atoms with Crippen molar-refractivity contribution in [3.8, 4) is 11.5 Å². The minimum absolute atomic E-state index is 0.0548. The molecule has 1 N–H and O–H groups in total. The monoisotopic (exact) mass is 400 g/mol. The first-order valence-electron chi connectivity index (χ1n) is 10.5. The molecule has 1 fully saturated rings. The number of rotatable bonds is 7. The normalized spacial score (nSPS) is 16.4. The summed E-state index contributed by atoms with van der Waals surface area (Å²) in [4.78, 5) is 14.9. The predicted molar refractivity (Wildman–Crippen MR) is 119 cm³/mol. The highest BCUT2D eigenvalue weighted by atomic mass is 16.5. The summed E-state index contributed by atoms with van der Waals surface area (Å²) >= 11 is 0. The van der Waals surface area contributed by atoms with E-state index >= 15 is 0 Å². The lowest BCUT2D eigenvalue weighted by Gasteiger charge is -2.17. The van der Waals surface area contributed by atoms with Gasteiger partial charge in [0.2, 0.25) is 5.91 Å². The molecular formula is C26H28N2O2. The summed E-state index contributed by atoms with van der Waals surface area (Å²) in [6.07, 6.45) is 0.903. The van der Waals surface area contributed by atoms with E-state index in [4.69, 9.17) is 4.74 Å². The molecule has 4 heteroatoms. The van der Waals surface area contributed by atoms with Crippen LogP contribution in [0, 0.1) is 12.8 Å². The third-order valence-electron chi connectivity index (χ3n) is 5.51. The van der Waals surface area contributed by atoms with Crippen molar-refractivity contribution < 1.29 is 9.53 Å². The number of carbonyl (C=O) groups excluding carboxylic acids is 1. The lowest BCUT2D eigenvalue weighted by atomic mass is 10.1. The van der Waals surface area contributed by atoms with Gasteiger partial charge in [-0.05, 0) is 55.3 Å². The number of amides is 1. The third kappa shape index (κ3) is 5.49. The maximum Gasteiger partial charge on any atom is 0.224 e. The molecule has 1 heterocycles. The molecule has 0 aliphatic carbocycles. The van der Waals surface area contributed by atoms with E-state index in [0.29, 0.717) is 6.54 Å². The van der Waals surface area contributed by atoms with Gasteiger partial charge in [0.1, 0.15) is 11.5 Å². The van der Waals surface area contributed by atoms with E-state index in [0.717, 1.165) is 43.1 Å². The van der Waals surface area contributed by atoms with Gasteiger partial charge < -0.3 is 10.1 Å². The number of hydrogen-bond donors (Lipinski definition) is 1. The minimum atomic E-state index is 0.0548. The van der Waals surface area contributed by atoms with Crippen LogP contribution in [0.3, 0.4) is 0 Å². The Bertz CT molecular complexity index is 970. The number of nitrogens with zero attached hydrogens (tertiary/aromatic N) is 1. The largest absolute Gasteiger partial charge is 0.457 e. The smallest absolute Gasteiger partial charge is 0.224 e.